The number of rotatable bonds is 2. The zero-order valence-electron chi connectivity index (χ0n) is 8.55. The van der Waals surface area contributed by atoms with E-state index < -0.39 is 11.7 Å². The predicted molar refractivity (Wildman–Crippen MR) is 59.4 cm³/mol. The van der Waals surface area contributed by atoms with Gasteiger partial charge in [-0.1, -0.05) is 6.42 Å². The van der Waals surface area contributed by atoms with Crippen molar-refractivity contribution in [1.82, 2.24) is 0 Å². The Morgan fingerprint density at radius 3 is 2.38 bits per heavy atom. The standard InChI is InChI=1S/C11H12F3NS/c12-11(13,14)7-4-5-10(9(15)6-7)16-8-2-1-3-8/h4-6,8H,1-3,15H2. The first-order valence-electron chi connectivity index (χ1n) is 5.10. The zero-order chi connectivity index (χ0) is 11.8. The van der Waals surface area contributed by atoms with E-state index in [0.717, 1.165) is 29.9 Å². The number of nitrogens with two attached hydrogens (primary N) is 1. The van der Waals surface area contributed by atoms with Crippen LogP contribution in [0, 0.1) is 0 Å². The maximum atomic E-state index is 12.4. The van der Waals surface area contributed by atoms with Crippen molar-refractivity contribution in [3.63, 3.8) is 0 Å². The summed E-state index contributed by atoms with van der Waals surface area (Å²) in [7, 11) is 0. The van der Waals surface area contributed by atoms with Gasteiger partial charge in [-0.15, -0.1) is 11.8 Å². The Morgan fingerprint density at radius 1 is 1.25 bits per heavy atom. The van der Waals surface area contributed by atoms with E-state index in [1.807, 2.05) is 0 Å². The molecule has 1 nitrogen and oxygen atoms in total. The molecule has 1 saturated carbocycles. The molecule has 0 amide bonds. The average Bonchev–Trinajstić information content (AvgIpc) is 2.11. The van der Waals surface area contributed by atoms with Gasteiger partial charge in [0.25, 0.3) is 0 Å². The first-order valence-corrected chi connectivity index (χ1v) is 5.98. The van der Waals surface area contributed by atoms with Crippen LogP contribution in [-0.2, 0) is 6.18 Å². The molecule has 1 aliphatic carbocycles. The van der Waals surface area contributed by atoms with Gasteiger partial charge in [0, 0.05) is 15.8 Å². The molecular formula is C11H12F3NS. The largest absolute Gasteiger partial charge is 0.416 e. The Morgan fingerprint density at radius 2 is 1.94 bits per heavy atom. The van der Waals surface area contributed by atoms with Gasteiger partial charge >= 0.3 is 6.18 Å². The first kappa shape index (κ1) is 11.6. The number of thioether (sulfide) groups is 1. The Bertz CT molecular complexity index is 385. The van der Waals surface area contributed by atoms with Gasteiger partial charge in [0.2, 0.25) is 0 Å². The van der Waals surface area contributed by atoms with Crippen LogP contribution in [0.3, 0.4) is 0 Å². The van der Waals surface area contributed by atoms with E-state index in [0.29, 0.717) is 5.25 Å². The number of hydrogen-bond donors (Lipinski definition) is 1. The minimum absolute atomic E-state index is 0.228. The second kappa shape index (κ2) is 4.20. The van der Waals surface area contributed by atoms with Gasteiger partial charge in [0.1, 0.15) is 0 Å². The van der Waals surface area contributed by atoms with Crippen molar-refractivity contribution < 1.29 is 13.2 Å². The minimum atomic E-state index is -4.31. The van der Waals surface area contributed by atoms with Gasteiger partial charge in [-0.2, -0.15) is 13.2 Å². The molecule has 0 atom stereocenters. The fourth-order valence-electron chi connectivity index (χ4n) is 1.50. The van der Waals surface area contributed by atoms with Gasteiger partial charge in [0.05, 0.1) is 5.56 Å². The molecule has 1 aromatic rings. The summed E-state index contributed by atoms with van der Waals surface area (Å²) >= 11 is 1.58. The van der Waals surface area contributed by atoms with Crippen LogP contribution >= 0.6 is 11.8 Å². The Kier molecular flexibility index (Phi) is 3.06. The molecule has 0 heterocycles. The molecule has 88 valence electrons. The number of nitrogen functional groups attached to an aromatic ring is 1. The van der Waals surface area contributed by atoms with Gasteiger partial charge in [0.15, 0.2) is 0 Å². The molecule has 0 bridgehead atoms. The molecule has 16 heavy (non-hydrogen) atoms. The van der Waals surface area contributed by atoms with Crippen LogP contribution in [0.4, 0.5) is 18.9 Å². The van der Waals surface area contributed by atoms with Crippen LogP contribution < -0.4 is 5.73 Å². The van der Waals surface area contributed by atoms with Crippen LogP contribution in [-0.4, -0.2) is 5.25 Å². The van der Waals surface area contributed by atoms with Crippen molar-refractivity contribution in [1.29, 1.82) is 0 Å². The van der Waals surface area contributed by atoms with E-state index in [1.165, 1.54) is 12.5 Å². The fraction of sp³-hybridized carbons (Fsp3) is 0.455. The van der Waals surface area contributed by atoms with Crippen molar-refractivity contribution in [3.05, 3.63) is 23.8 Å². The van der Waals surface area contributed by atoms with Crippen LogP contribution in [0.1, 0.15) is 24.8 Å². The van der Waals surface area contributed by atoms with Gasteiger partial charge in [-0.25, -0.2) is 0 Å². The summed E-state index contributed by atoms with van der Waals surface area (Å²) in [5.41, 5.74) is 5.17. The highest BCUT2D eigenvalue weighted by atomic mass is 32.2. The molecule has 5 heteroatoms. The number of benzene rings is 1. The molecule has 0 spiro atoms. The highest BCUT2D eigenvalue weighted by molar-refractivity contribution is 8.00. The maximum Gasteiger partial charge on any atom is 0.416 e. The molecule has 1 aliphatic rings. The van der Waals surface area contributed by atoms with E-state index in [9.17, 15) is 13.2 Å². The normalized spacial score (nSPS) is 17.2. The van der Waals surface area contributed by atoms with E-state index in [1.54, 1.807) is 11.8 Å². The molecule has 0 radical (unpaired) electrons. The molecule has 1 fully saturated rings. The van der Waals surface area contributed by atoms with Crippen LogP contribution in [0.15, 0.2) is 23.1 Å². The van der Waals surface area contributed by atoms with E-state index >= 15 is 0 Å². The lowest BCUT2D eigenvalue weighted by molar-refractivity contribution is -0.137. The zero-order valence-corrected chi connectivity index (χ0v) is 9.37. The third-order valence-electron chi connectivity index (χ3n) is 2.68. The highest BCUT2D eigenvalue weighted by Crippen LogP contribution is 2.40. The van der Waals surface area contributed by atoms with Gasteiger partial charge in [-0.3, -0.25) is 0 Å². The summed E-state index contributed by atoms with van der Waals surface area (Å²) in [6.07, 6.45) is -0.845. The molecule has 0 aromatic heterocycles. The van der Waals surface area contributed by atoms with Crippen LogP contribution in [0.25, 0.3) is 0 Å². The molecule has 2 rings (SSSR count). The lowest BCUT2D eigenvalue weighted by Crippen LogP contribution is -2.13. The summed E-state index contributed by atoms with van der Waals surface area (Å²) in [6.45, 7) is 0. The third-order valence-corrected chi connectivity index (χ3v) is 4.11. The average molecular weight is 247 g/mol. The van der Waals surface area contributed by atoms with Crippen molar-refractivity contribution in [2.24, 2.45) is 0 Å². The lowest BCUT2D eigenvalue weighted by Gasteiger charge is -2.25. The number of halogens is 3. The number of hydrogen-bond acceptors (Lipinski definition) is 2. The second-order valence-electron chi connectivity index (χ2n) is 3.92. The van der Waals surface area contributed by atoms with Crippen molar-refractivity contribution in [2.45, 2.75) is 35.6 Å². The maximum absolute atomic E-state index is 12.4. The van der Waals surface area contributed by atoms with Crippen molar-refractivity contribution in [2.75, 3.05) is 5.73 Å². The fourth-order valence-corrected chi connectivity index (χ4v) is 2.77. The summed E-state index contributed by atoms with van der Waals surface area (Å²) in [5, 5.41) is 0.527. The Hall–Kier alpha value is -0.840. The minimum Gasteiger partial charge on any atom is -0.398 e. The second-order valence-corrected chi connectivity index (χ2v) is 5.26. The van der Waals surface area contributed by atoms with Gasteiger partial charge < -0.3 is 5.73 Å². The van der Waals surface area contributed by atoms with Gasteiger partial charge in [-0.05, 0) is 31.0 Å². The van der Waals surface area contributed by atoms with E-state index in [4.69, 9.17) is 5.73 Å². The Labute approximate surface area is 96.2 Å². The monoisotopic (exact) mass is 247 g/mol. The smallest absolute Gasteiger partial charge is 0.398 e. The molecule has 2 N–H and O–H groups in total. The quantitative estimate of drug-likeness (QED) is 0.801. The lowest BCUT2D eigenvalue weighted by atomic mass is 10.00. The molecular weight excluding hydrogens is 235 g/mol. The summed E-state index contributed by atoms with van der Waals surface area (Å²) in [4.78, 5) is 0.762. The summed E-state index contributed by atoms with van der Waals surface area (Å²) < 4.78 is 37.1. The van der Waals surface area contributed by atoms with E-state index in [2.05, 4.69) is 0 Å². The highest BCUT2D eigenvalue weighted by Gasteiger charge is 2.31. The van der Waals surface area contributed by atoms with Crippen molar-refractivity contribution >= 4 is 17.4 Å². The SMILES string of the molecule is Nc1cc(C(F)(F)F)ccc1SC1CCC1. The summed E-state index contributed by atoms with van der Waals surface area (Å²) in [5.74, 6) is 0. The first-order chi connectivity index (χ1) is 7.47. The Balaban J connectivity index is 2.15. The predicted octanol–water partition coefficient (Wildman–Crippen LogP) is 3.93. The number of alkyl halides is 3. The summed E-state index contributed by atoms with van der Waals surface area (Å²) in [6, 6.07) is 3.58. The van der Waals surface area contributed by atoms with Crippen LogP contribution in [0.2, 0.25) is 0 Å². The topological polar surface area (TPSA) is 26.0 Å². The molecule has 0 saturated heterocycles. The number of anilines is 1. The van der Waals surface area contributed by atoms with Crippen molar-refractivity contribution in [3.8, 4) is 0 Å². The molecule has 0 unspecified atom stereocenters. The molecule has 1 aromatic carbocycles. The van der Waals surface area contributed by atoms with Crippen LogP contribution in [0.5, 0.6) is 0 Å². The third kappa shape index (κ3) is 2.45. The molecule has 0 aliphatic heterocycles. The van der Waals surface area contributed by atoms with E-state index in [-0.39, 0.29) is 5.69 Å².